The summed E-state index contributed by atoms with van der Waals surface area (Å²) in [7, 11) is 1.62. The molecule has 0 fully saturated rings. The molecular formula is C25H34N2O3S. The van der Waals surface area contributed by atoms with Crippen molar-refractivity contribution < 1.29 is 14.3 Å². The highest BCUT2D eigenvalue weighted by molar-refractivity contribution is 7.99. The molecule has 0 saturated carbocycles. The molecule has 0 aliphatic carbocycles. The standard InChI is InChI=1S/C25H34N2O3S/c1-6-19(3)26-25(29)20(4)27(15-21-11-9-13-23(14-21)30-5)24(28)17-31-16-22-12-8-7-10-18(22)2/h7-14,19-20H,6,15-17H2,1-5H3,(H,26,29)/t19-,20-/m1/s1. The molecule has 0 radical (unpaired) electrons. The second-order valence-corrected chi connectivity index (χ2v) is 8.77. The second kappa shape index (κ2) is 12.4. The maximum Gasteiger partial charge on any atom is 0.242 e. The Morgan fingerprint density at radius 1 is 1.13 bits per heavy atom. The van der Waals surface area contributed by atoms with Gasteiger partial charge in [-0.3, -0.25) is 9.59 Å². The molecule has 168 valence electrons. The fourth-order valence-electron chi connectivity index (χ4n) is 3.12. The molecule has 0 spiro atoms. The summed E-state index contributed by atoms with van der Waals surface area (Å²) in [5.74, 6) is 1.64. The lowest BCUT2D eigenvalue weighted by atomic mass is 10.1. The average Bonchev–Trinajstić information content (AvgIpc) is 2.78. The highest BCUT2D eigenvalue weighted by Crippen LogP contribution is 2.20. The van der Waals surface area contributed by atoms with Gasteiger partial charge in [-0.25, -0.2) is 0 Å². The molecule has 2 amide bonds. The van der Waals surface area contributed by atoms with Crippen LogP contribution in [-0.2, 0) is 21.9 Å². The number of carbonyl (C=O) groups is 2. The quantitative estimate of drug-likeness (QED) is 0.554. The van der Waals surface area contributed by atoms with Crippen molar-refractivity contribution in [3.05, 3.63) is 65.2 Å². The Kier molecular flexibility index (Phi) is 9.92. The van der Waals surface area contributed by atoms with E-state index in [0.29, 0.717) is 12.3 Å². The molecule has 0 saturated heterocycles. The summed E-state index contributed by atoms with van der Waals surface area (Å²) in [5, 5.41) is 3.00. The van der Waals surface area contributed by atoms with Gasteiger partial charge in [-0.15, -0.1) is 11.8 Å². The number of nitrogens with one attached hydrogen (secondary N) is 1. The first-order valence-electron chi connectivity index (χ1n) is 10.7. The average molecular weight is 443 g/mol. The summed E-state index contributed by atoms with van der Waals surface area (Å²) >= 11 is 1.58. The fourth-order valence-corrected chi connectivity index (χ4v) is 4.11. The monoisotopic (exact) mass is 442 g/mol. The number of aryl methyl sites for hydroxylation is 1. The zero-order valence-electron chi connectivity index (χ0n) is 19.2. The fraction of sp³-hybridized carbons (Fsp3) is 0.440. The van der Waals surface area contributed by atoms with Crippen LogP contribution in [-0.4, -0.2) is 41.7 Å². The molecule has 1 N–H and O–H groups in total. The van der Waals surface area contributed by atoms with Crippen LogP contribution < -0.4 is 10.1 Å². The van der Waals surface area contributed by atoms with E-state index in [4.69, 9.17) is 4.74 Å². The van der Waals surface area contributed by atoms with Crippen LogP contribution >= 0.6 is 11.8 Å². The van der Waals surface area contributed by atoms with E-state index in [0.717, 1.165) is 23.5 Å². The zero-order valence-corrected chi connectivity index (χ0v) is 20.0. The first-order chi connectivity index (χ1) is 14.8. The minimum atomic E-state index is -0.563. The molecular weight excluding hydrogens is 408 g/mol. The second-order valence-electron chi connectivity index (χ2n) is 7.79. The highest BCUT2D eigenvalue weighted by Gasteiger charge is 2.26. The first-order valence-corrected chi connectivity index (χ1v) is 11.9. The van der Waals surface area contributed by atoms with E-state index in [1.54, 1.807) is 30.7 Å². The van der Waals surface area contributed by atoms with Crippen molar-refractivity contribution in [1.82, 2.24) is 10.2 Å². The van der Waals surface area contributed by atoms with E-state index in [-0.39, 0.29) is 17.9 Å². The Morgan fingerprint density at radius 3 is 2.55 bits per heavy atom. The predicted molar refractivity (Wildman–Crippen MR) is 128 cm³/mol. The van der Waals surface area contributed by atoms with Crippen molar-refractivity contribution in [2.75, 3.05) is 12.9 Å². The summed E-state index contributed by atoms with van der Waals surface area (Å²) in [4.78, 5) is 27.6. The maximum atomic E-state index is 13.2. The van der Waals surface area contributed by atoms with E-state index < -0.39 is 6.04 Å². The van der Waals surface area contributed by atoms with Gasteiger partial charge < -0.3 is 15.0 Å². The van der Waals surface area contributed by atoms with Gasteiger partial charge in [0.25, 0.3) is 0 Å². The summed E-state index contributed by atoms with van der Waals surface area (Å²) in [6.07, 6.45) is 0.842. The van der Waals surface area contributed by atoms with Gasteiger partial charge in [-0.2, -0.15) is 0 Å². The lowest BCUT2D eigenvalue weighted by Crippen LogP contribution is -2.50. The number of rotatable bonds is 11. The van der Waals surface area contributed by atoms with Gasteiger partial charge in [0.15, 0.2) is 0 Å². The van der Waals surface area contributed by atoms with E-state index in [9.17, 15) is 9.59 Å². The molecule has 2 atom stereocenters. The van der Waals surface area contributed by atoms with Crippen LogP contribution in [0.25, 0.3) is 0 Å². The van der Waals surface area contributed by atoms with Crippen LogP contribution in [0.2, 0.25) is 0 Å². The van der Waals surface area contributed by atoms with Crippen molar-refractivity contribution in [2.45, 2.75) is 58.5 Å². The molecule has 5 nitrogen and oxygen atoms in total. The Labute approximate surface area is 190 Å². The molecule has 0 bridgehead atoms. The van der Waals surface area contributed by atoms with Crippen LogP contribution in [0.3, 0.4) is 0 Å². The van der Waals surface area contributed by atoms with Gasteiger partial charge in [0.05, 0.1) is 12.9 Å². The van der Waals surface area contributed by atoms with Gasteiger partial charge in [-0.05, 0) is 56.0 Å². The minimum absolute atomic E-state index is 0.0480. The molecule has 0 aliphatic heterocycles. The zero-order chi connectivity index (χ0) is 22.8. The lowest BCUT2D eigenvalue weighted by molar-refractivity contribution is -0.138. The van der Waals surface area contributed by atoms with Crippen molar-refractivity contribution >= 4 is 23.6 Å². The number of nitrogens with zero attached hydrogens (tertiary/aromatic N) is 1. The van der Waals surface area contributed by atoms with Crippen LogP contribution in [0.1, 0.15) is 43.9 Å². The molecule has 6 heteroatoms. The molecule has 0 aromatic heterocycles. The molecule has 2 rings (SSSR count). The molecule has 0 unspecified atom stereocenters. The van der Waals surface area contributed by atoms with E-state index in [1.807, 2.05) is 50.2 Å². The summed E-state index contributed by atoms with van der Waals surface area (Å²) in [6.45, 7) is 8.22. The number of hydrogen-bond donors (Lipinski definition) is 1. The van der Waals surface area contributed by atoms with Crippen LogP contribution in [0.5, 0.6) is 5.75 Å². The normalized spacial score (nSPS) is 12.7. The topological polar surface area (TPSA) is 58.6 Å². The van der Waals surface area contributed by atoms with E-state index in [1.165, 1.54) is 11.1 Å². The van der Waals surface area contributed by atoms with Crippen LogP contribution in [0, 0.1) is 6.92 Å². The third-order valence-corrected chi connectivity index (χ3v) is 6.37. The Bertz CT molecular complexity index is 871. The summed E-state index contributed by atoms with van der Waals surface area (Å²) in [5.41, 5.74) is 3.37. The number of thioether (sulfide) groups is 1. The largest absolute Gasteiger partial charge is 0.497 e. The van der Waals surface area contributed by atoms with E-state index >= 15 is 0 Å². The van der Waals surface area contributed by atoms with Gasteiger partial charge in [0.2, 0.25) is 11.8 Å². The predicted octanol–water partition coefficient (Wildman–Crippen LogP) is 4.57. The first kappa shape index (κ1) is 24.8. The third kappa shape index (κ3) is 7.62. The minimum Gasteiger partial charge on any atom is -0.497 e. The summed E-state index contributed by atoms with van der Waals surface area (Å²) < 4.78 is 5.31. The molecule has 0 aliphatic rings. The maximum absolute atomic E-state index is 13.2. The number of methoxy groups -OCH3 is 1. The van der Waals surface area contributed by atoms with Crippen LogP contribution in [0.15, 0.2) is 48.5 Å². The number of amides is 2. The highest BCUT2D eigenvalue weighted by atomic mass is 32.2. The number of hydrogen-bond acceptors (Lipinski definition) is 4. The van der Waals surface area contributed by atoms with Crippen molar-refractivity contribution in [3.8, 4) is 5.75 Å². The molecule has 2 aromatic rings. The number of ether oxygens (including phenoxy) is 1. The number of benzene rings is 2. The molecule has 31 heavy (non-hydrogen) atoms. The van der Waals surface area contributed by atoms with Crippen LogP contribution in [0.4, 0.5) is 0 Å². The summed E-state index contributed by atoms with van der Waals surface area (Å²) in [6, 6.07) is 15.3. The van der Waals surface area contributed by atoms with Crippen molar-refractivity contribution in [3.63, 3.8) is 0 Å². The van der Waals surface area contributed by atoms with Crippen molar-refractivity contribution in [1.29, 1.82) is 0 Å². The smallest absolute Gasteiger partial charge is 0.242 e. The SMILES string of the molecule is CC[C@@H](C)NC(=O)[C@@H](C)N(Cc1cccc(OC)c1)C(=O)CSCc1ccccc1C. The van der Waals surface area contributed by atoms with Gasteiger partial charge in [-0.1, -0.05) is 43.3 Å². The van der Waals surface area contributed by atoms with Gasteiger partial charge >= 0.3 is 0 Å². The Balaban J connectivity index is 2.11. The van der Waals surface area contributed by atoms with Gasteiger partial charge in [0, 0.05) is 18.3 Å². The Morgan fingerprint density at radius 2 is 1.87 bits per heavy atom. The van der Waals surface area contributed by atoms with Crippen molar-refractivity contribution in [2.24, 2.45) is 0 Å². The number of carbonyl (C=O) groups excluding carboxylic acids is 2. The van der Waals surface area contributed by atoms with Gasteiger partial charge in [0.1, 0.15) is 11.8 Å². The van der Waals surface area contributed by atoms with E-state index in [2.05, 4.69) is 24.4 Å². The third-order valence-electron chi connectivity index (χ3n) is 5.40. The lowest BCUT2D eigenvalue weighted by Gasteiger charge is -2.29. The molecule has 2 aromatic carbocycles. The Hall–Kier alpha value is -2.47. The molecule has 0 heterocycles.